The van der Waals surface area contributed by atoms with E-state index in [9.17, 15) is 0 Å². The van der Waals surface area contributed by atoms with Gasteiger partial charge >= 0.3 is 0 Å². The van der Waals surface area contributed by atoms with Crippen LogP contribution in [0.15, 0.2) is 22.7 Å². The fourth-order valence-corrected chi connectivity index (χ4v) is 3.21. The van der Waals surface area contributed by atoms with Crippen molar-refractivity contribution < 1.29 is 4.74 Å². The minimum Gasteiger partial charge on any atom is -0.497 e. The standard InChI is InChI=1S/C16H26BrNO/c1-5-7-8-12(6-2)16(18-3)14-10-9-13(19-4)11-15(14)17/h9-12,16,18H,5-8H2,1-4H3. The van der Waals surface area contributed by atoms with Crippen LogP contribution in [0.4, 0.5) is 0 Å². The molecule has 0 bridgehead atoms. The monoisotopic (exact) mass is 327 g/mol. The van der Waals surface area contributed by atoms with Gasteiger partial charge in [-0.15, -0.1) is 0 Å². The van der Waals surface area contributed by atoms with Crippen LogP contribution >= 0.6 is 15.9 Å². The first-order valence-corrected chi connectivity index (χ1v) is 7.97. The second-order valence-corrected chi connectivity index (χ2v) is 5.82. The predicted octanol–water partition coefficient (Wildman–Crippen LogP) is 4.93. The Bertz CT molecular complexity index is 381. The number of unbranched alkanes of at least 4 members (excludes halogenated alkanes) is 1. The highest BCUT2D eigenvalue weighted by Crippen LogP contribution is 2.34. The van der Waals surface area contributed by atoms with Gasteiger partial charge in [-0.05, 0) is 37.1 Å². The summed E-state index contributed by atoms with van der Waals surface area (Å²) in [6.07, 6.45) is 5.03. The molecule has 108 valence electrons. The molecular weight excluding hydrogens is 302 g/mol. The Kier molecular flexibility index (Phi) is 7.47. The fraction of sp³-hybridized carbons (Fsp3) is 0.625. The van der Waals surface area contributed by atoms with Crippen LogP contribution in [-0.2, 0) is 0 Å². The van der Waals surface area contributed by atoms with Crippen molar-refractivity contribution in [3.63, 3.8) is 0 Å². The first kappa shape index (κ1) is 16.5. The molecule has 1 N–H and O–H groups in total. The Morgan fingerprint density at radius 2 is 2.05 bits per heavy atom. The van der Waals surface area contributed by atoms with Crippen LogP contribution in [0, 0.1) is 5.92 Å². The molecule has 1 aromatic carbocycles. The molecule has 1 aromatic rings. The predicted molar refractivity (Wildman–Crippen MR) is 85.8 cm³/mol. The summed E-state index contributed by atoms with van der Waals surface area (Å²) < 4.78 is 6.39. The third-order valence-corrected chi connectivity index (χ3v) is 4.46. The number of methoxy groups -OCH3 is 1. The van der Waals surface area contributed by atoms with Gasteiger partial charge in [0.25, 0.3) is 0 Å². The van der Waals surface area contributed by atoms with Gasteiger partial charge < -0.3 is 10.1 Å². The molecule has 0 amide bonds. The molecule has 0 spiro atoms. The molecule has 0 aromatic heterocycles. The number of nitrogens with one attached hydrogen (secondary N) is 1. The second-order valence-electron chi connectivity index (χ2n) is 4.96. The van der Waals surface area contributed by atoms with Gasteiger partial charge in [-0.3, -0.25) is 0 Å². The van der Waals surface area contributed by atoms with Crippen LogP contribution in [0.2, 0.25) is 0 Å². The first-order chi connectivity index (χ1) is 9.17. The van der Waals surface area contributed by atoms with E-state index in [-0.39, 0.29) is 0 Å². The van der Waals surface area contributed by atoms with Gasteiger partial charge in [0.1, 0.15) is 5.75 Å². The van der Waals surface area contributed by atoms with Gasteiger partial charge in [0.2, 0.25) is 0 Å². The SMILES string of the molecule is CCCCC(CC)C(NC)c1ccc(OC)cc1Br. The van der Waals surface area contributed by atoms with Crippen LogP contribution in [0.1, 0.15) is 51.1 Å². The number of hydrogen-bond donors (Lipinski definition) is 1. The van der Waals surface area contributed by atoms with E-state index in [1.807, 2.05) is 12.1 Å². The summed E-state index contributed by atoms with van der Waals surface area (Å²) in [6, 6.07) is 6.65. The molecule has 2 nitrogen and oxygen atoms in total. The van der Waals surface area contributed by atoms with Crippen molar-refractivity contribution in [3.8, 4) is 5.75 Å². The maximum absolute atomic E-state index is 5.26. The van der Waals surface area contributed by atoms with Crippen molar-refractivity contribution >= 4 is 15.9 Å². The molecule has 0 aliphatic heterocycles. The van der Waals surface area contributed by atoms with Crippen molar-refractivity contribution in [1.82, 2.24) is 5.32 Å². The zero-order chi connectivity index (χ0) is 14.3. The van der Waals surface area contributed by atoms with E-state index in [1.54, 1.807) is 7.11 Å². The summed E-state index contributed by atoms with van der Waals surface area (Å²) >= 11 is 3.68. The largest absolute Gasteiger partial charge is 0.497 e. The Morgan fingerprint density at radius 1 is 1.32 bits per heavy atom. The Morgan fingerprint density at radius 3 is 2.53 bits per heavy atom. The molecule has 0 saturated heterocycles. The lowest BCUT2D eigenvalue weighted by atomic mass is 9.87. The highest BCUT2D eigenvalue weighted by atomic mass is 79.9. The Labute approximate surface area is 126 Å². The molecule has 0 aliphatic rings. The molecule has 2 atom stereocenters. The van der Waals surface area contributed by atoms with Crippen LogP contribution < -0.4 is 10.1 Å². The molecule has 0 saturated carbocycles. The number of halogens is 1. The molecule has 1 rings (SSSR count). The average Bonchev–Trinajstić information content (AvgIpc) is 2.44. The van der Waals surface area contributed by atoms with Crippen molar-refractivity contribution in [2.75, 3.05) is 14.2 Å². The van der Waals surface area contributed by atoms with Gasteiger partial charge in [-0.1, -0.05) is 55.1 Å². The molecule has 0 radical (unpaired) electrons. The number of hydrogen-bond acceptors (Lipinski definition) is 2. The molecule has 2 unspecified atom stereocenters. The van der Waals surface area contributed by atoms with Crippen LogP contribution in [0.25, 0.3) is 0 Å². The van der Waals surface area contributed by atoms with Crippen LogP contribution in [-0.4, -0.2) is 14.2 Å². The third-order valence-electron chi connectivity index (χ3n) is 3.78. The van der Waals surface area contributed by atoms with E-state index >= 15 is 0 Å². The molecule has 0 heterocycles. The van der Waals surface area contributed by atoms with E-state index in [1.165, 1.54) is 31.2 Å². The molecule has 3 heteroatoms. The normalized spacial score (nSPS) is 14.2. The lowest BCUT2D eigenvalue weighted by Crippen LogP contribution is -2.25. The highest BCUT2D eigenvalue weighted by molar-refractivity contribution is 9.10. The summed E-state index contributed by atoms with van der Waals surface area (Å²) in [6.45, 7) is 4.53. The van der Waals surface area contributed by atoms with Crippen molar-refractivity contribution in [3.05, 3.63) is 28.2 Å². The van der Waals surface area contributed by atoms with E-state index < -0.39 is 0 Å². The zero-order valence-corrected chi connectivity index (χ0v) is 14.1. The van der Waals surface area contributed by atoms with Gasteiger partial charge in [-0.2, -0.15) is 0 Å². The minimum atomic E-state index is 0.400. The molecule has 0 aliphatic carbocycles. The molecular formula is C16H26BrNO. The van der Waals surface area contributed by atoms with E-state index in [0.717, 1.165) is 10.2 Å². The summed E-state index contributed by atoms with van der Waals surface area (Å²) in [5.41, 5.74) is 1.33. The molecule has 19 heavy (non-hydrogen) atoms. The van der Waals surface area contributed by atoms with Gasteiger partial charge in [0.05, 0.1) is 7.11 Å². The van der Waals surface area contributed by atoms with Crippen molar-refractivity contribution in [2.24, 2.45) is 5.92 Å². The van der Waals surface area contributed by atoms with Crippen molar-refractivity contribution in [1.29, 1.82) is 0 Å². The summed E-state index contributed by atoms with van der Waals surface area (Å²) in [4.78, 5) is 0. The quantitative estimate of drug-likeness (QED) is 0.730. The van der Waals surface area contributed by atoms with Crippen molar-refractivity contribution in [2.45, 2.75) is 45.6 Å². The van der Waals surface area contributed by atoms with E-state index in [2.05, 4.69) is 48.2 Å². The first-order valence-electron chi connectivity index (χ1n) is 7.18. The maximum Gasteiger partial charge on any atom is 0.120 e. The number of benzene rings is 1. The summed E-state index contributed by atoms with van der Waals surface area (Å²) in [5.74, 6) is 1.57. The van der Waals surface area contributed by atoms with E-state index in [0.29, 0.717) is 12.0 Å². The van der Waals surface area contributed by atoms with Gasteiger partial charge in [-0.25, -0.2) is 0 Å². The van der Waals surface area contributed by atoms with E-state index in [4.69, 9.17) is 4.74 Å². The number of rotatable bonds is 8. The minimum absolute atomic E-state index is 0.400. The third kappa shape index (κ3) is 4.50. The van der Waals surface area contributed by atoms with Gasteiger partial charge in [0.15, 0.2) is 0 Å². The molecule has 0 fully saturated rings. The highest BCUT2D eigenvalue weighted by Gasteiger charge is 2.21. The average molecular weight is 328 g/mol. The zero-order valence-electron chi connectivity index (χ0n) is 12.5. The fourth-order valence-electron chi connectivity index (χ4n) is 2.60. The lowest BCUT2D eigenvalue weighted by Gasteiger charge is -2.27. The summed E-state index contributed by atoms with van der Waals surface area (Å²) in [5, 5.41) is 3.49. The Hall–Kier alpha value is -0.540. The topological polar surface area (TPSA) is 21.3 Å². The van der Waals surface area contributed by atoms with Crippen LogP contribution in [0.5, 0.6) is 5.75 Å². The maximum atomic E-state index is 5.26. The lowest BCUT2D eigenvalue weighted by molar-refractivity contribution is 0.337. The number of ether oxygens (including phenoxy) is 1. The second kappa shape index (κ2) is 8.60. The summed E-state index contributed by atoms with van der Waals surface area (Å²) in [7, 11) is 3.75. The van der Waals surface area contributed by atoms with Gasteiger partial charge in [0, 0.05) is 10.5 Å². The smallest absolute Gasteiger partial charge is 0.120 e. The van der Waals surface area contributed by atoms with Crippen LogP contribution in [0.3, 0.4) is 0 Å². The Balaban J connectivity index is 2.94.